The minimum atomic E-state index is -1.27. The summed E-state index contributed by atoms with van der Waals surface area (Å²) in [6.07, 6.45) is -3.54. The van der Waals surface area contributed by atoms with E-state index in [1.807, 2.05) is 30.3 Å². The van der Waals surface area contributed by atoms with Gasteiger partial charge in [-0.2, -0.15) is 0 Å². The van der Waals surface area contributed by atoms with Gasteiger partial charge in [0.05, 0.1) is 0 Å². The molecule has 2 heterocycles. The summed E-state index contributed by atoms with van der Waals surface area (Å²) in [6.45, 7) is 3.28. The summed E-state index contributed by atoms with van der Waals surface area (Å²) < 4.78 is 23.5. The topological polar surface area (TPSA) is 126 Å². The van der Waals surface area contributed by atoms with E-state index in [2.05, 4.69) is 0 Å². The Morgan fingerprint density at radius 2 is 1.35 bits per heavy atom. The number of fused-ring (bicyclic) bond motifs is 1. The molecule has 0 radical (unpaired) electrons. The maximum absolute atomic E-state index is 13.5. The molecule has 0 N–H and O–H groups in total. The molecule has 37 heavy (non-hydrogen) atoms. The van der Waals surface area contributed by atoms with E-state index in [9.17, 15) is 24.0 Å². The molecule has 0 saturated carbocycles. The van der Waals surface area contributed by atoms with E-state index in [0.29, 0.717) is 0 Å². The van der Waals surface area contributed by atoms with Gasteiger partial charge in [-0.05, 0) is 0 Å². The minimum absolute atomic E-state index is 0.214. The van der Waals surface area contributed by atoms with Crippen molar-refractivity contribution in [1.82, 2.24) is 4.90 Å². The third kappa shape index (κ3) is 5.74. The number of imide groups is 1. The number of esters is 3. The Labute approximate surface area is 219 Å². The molecule has 2 aromatic rings. The van der Waals surface area contributed by atoms with Gasteiger partial charge in [-0.3, -0.25) is 0 Å². The van der Waals surface area contributed by atoms with Crippen LogP contribution in [0.4, 0.5) is 0 Å². The van der Waals surface area contributed by atoms with Crippen LogP contribution in [0.1, 0.15) is 41.5 Å². The molecule has 2 aromatic carbocycles. The van der Waals surface area contributed by atoms with Gasteiger partial charge in [-0.1, -0.05) is 0 Å². The van der Waals surface area contributed by atoms with Gasteiger partial charge in [0, 0.05) is 0 Å². The van der Waals surface area contributed by atoms with Crippen LogP contribution >= 0.6 is 0 Å². The first-order valence-corrected chi connectivity index (χ1v) is 13.3. The van der Waals surface area contributed by atoms with Crippen LogP contribution in [-0.2, 0) is 33.3 Å². The Kier molecular flexibility index (Phi) is 8.06. The quantitative estimate of drug-likeness (QED) is 0.205. The molecule has 1 saturated heterocycles. The van der Waals surface area contributed by atoms with Gasteiger partial charge < -0.3 is 0 Å². The molecule has 2 amide bonds. The first-order valence-electron chi connectivity index (χ1n) is 11.5. The molecule has 2 aliphatic heterocycles. The van der Waals surface area contributed by atoms with Crippen molar-refractivity contribution in [1.29, 1.82) is 0 Å². The fourth-order valence-electron chi connectivity index (χ4n) is 4.37. The van der Waals surface area contributed by atoms with Crippen LogP contribution in [0.2, 0.25) is 0 Å². The predicted octanol–water partition coefficient (Wildman–Crippen LogP) is 0.832. The molecule has 5 unspecified atom stereocenters. The maximum atomic E-state index is 13.5. The Morgan fingerprint density at radius 3 is 1.89 bits per heavy atom. The van der Waals surface area contributed by atoms with Gasteiger partial charge in [-0.25, -0.2) is 0 Å². The average molecular weight is 574 g/mol. The number of benzene rings is 2. The van der Waals surface area contributed by atoms with Gasteiger partial charge in [-0.15, -0.1) is 0 Å². The van der Waals surface area contributed by atoms with Crippen LogP contribution in [0.15, 0.2) is 54.6 Å². The van der Waals surface area contributed by atoms with Crippen molar-refractivity contribution in [2.45, 2.75) is 50.1 Å². The van der Waals surface area contributed by atoms with Crippen molar-refractivity contribution in [3.8, 4) is 0 Å². The molecule has 4 rings (SSSR count). The molecule has 0 aromatic heterocycles. The van der Waals surface area contributed by atoms with E-state index < -0.39 is 74.0 Å². The molecule has 0 spiro atoms. The van der Waals surface area contributed by atoms with Crippen LogP contribution < -0.4 is 4.46 Å². The van der Waals surface area contributed by atoms with Gasteiger partial charge in [0.15, 0.2) is 0 Å². The number of hydrogen-bond acceptors (Lipinski definition) is 9. The van der Waals surface area contributed by atoms with Gasteiger partial charge in [0.25, 0.3) is 0 Å². The summed E-state index contributed by atoms with van der Waals surface area (Å²) >= 11 is -0.505. The second-order valence-corrected chi connectivity index (χ2v) is 10.9. The second-order valence-electron chi connectivity index (χ2n) is 8.44. The van der Waals surface area contributed by atoms with Crippen LogP contribution in [0, 0.1) is 0 Å². The number of ether oxygens (including phenoxy) is 4. The Bertz CT molecular complexity index is 1180. The fraction of sp³-hybridized carbons (Fsp3) is 0.346. The molecule has 2 aliphatic rings. The van der Waals surface area contributed by atoms with Crippen molar-refractivity contribution in [3.63, 3.8) is 0 Å². The third-order valence-corrected chi connectivity index (χ3v) is 8.24. The molecule has 1 fully saturated rings. The van der Waals surface area contributed by atoms with Crippen molar-refractivity contribution < 1.29 is 42.9 Å². The van der Waals surface area contributed by atoms with Crippen molar-refractivity contribution in [2.75, 3.05) is 6.61 Å². The first kappa shape index (κ1) is 26.5. The number of nitrogens with zero attached hydrogens (tertiary/aromatic N) is 1. The summed E-state index contributed by atoms with van der Waals surface area (Å²) in [4.78, 5) is 63.9. The molecular weight excluding hydrogens is 549 g/mol. The molecule has 0 bridgehead atoms. The van der Waals surface area contributed by atoms with Gasteiger partial charge in [0.2, 0.25) is 0 Å². The average Bonchev–Trinajstić information content (AvgIpc) is 3.10. The number of hydrogen-bond donors (Lipinski definition) is 0. The second kappa shape index (κ2) is 11.2. The molecule has 10 nitrogen and oxygen atoms in total. The van der Waals surface area contributed by atoms with Crippen molar-refractivity contribution in [3.05, 3.63) is 65.7 Å². The Morgan fingerprint density at radius 1 is 0.811 bits per heavy atom. The van der Waals surface area contributed by atoms with Crippen molar-refractivity contribution >= 4 is 49.1 Å². The summed E-state index contributed by atoms with van der Waals surface area (Å²) in [5.41, 5.74) is 0.428. The Hall–Kier alpha value is -3.53. The molecular formula is C26H25NO9Se. The SMILES string of the molecule is CC(=O)OCC1OC([Se]c2ccccc2)C(N2C(=O)c3ccccc3C2=O)C(OC(C)=O)C1OC(C)=O. The van der Waals surface area contributed by atoms with Crippen LogP contribution in [0.5, 0.6) is 0 Å². The zero-order chi connectivity index (χ0) is 26.7. The van der Waals surface area contributed by atoms with Gasteiger partial charge in [0.1, 0.15) is 0 Å². The molecule has 11 heteroatoms. The summed E-state index contributed by atoms with van der Waals surface area (Å²) in [5.74, 6) is -3.13. The van der Waals surface area contributed by atoms with Crippen LogP contribution in [0.3, 0.4) is 0 Å². The first-order chi connectivity index (χ1) is 17.7. The summed E-state index contributed by atoms with van der Waals surface area (Å²) in [6, 6.07) is 14.6. The predicted molar refractivity (Wildman–Crippen MR) is 129 cm³/mol. The number of carbonyl (C=O) groups is 5. The van der Waals surface area contributed by atoms with E-state index in [-0.39, 0.29) is 17.7 Å². The zero-order valence-electron chi connectivity index (χ0n) is 20.3. The van der Waals surface area contributed by atoms with Crippen molar-refractivity contribution in [2.24, 2.45) is 0 Å². The van der Waals surface area contributed by atoms with E-state index in [0.717, 1.165) is 9.36 Å². The Balaban J connectivity index is 1.81. The summed E-state index contributed by atoms with van der Waals surface area (Å²) in [5, 5.41) is -0.825. The third-order valence-electron chi connectivity index (χ3n) is 5.79. The number of rotatable bonds is 7. The number of carbonyl (C=O) groups excluding carboxylic acids is 5. The van der Waals surface area contributed by atoms with E-state index in [1.165, 1.54) is 20.8 Å². The van der Waals surface area contributed by atoms with E-state index in [4.69, 9.17) is 18.9 Å². The molecule has 5 atom stereocenters. The molecule has 0 aliphatic carbocycles. The normalized spacial score (nSPS) is 24.8. The monoisotopic (exact) mass is 575 g/mol. The molecule has 194 valence electrons. The zero-order valence-corrected chi connectivity index (χ0v) is 22.0. The van der Waals surface area contributed by atoms with Crippen LogP contribution in [-0.4, -0.2) is 85.5 Å². The fourth-order valence-corrected chi connectivity index (χ4v) is 6.88. The number of amides is 2. The van der Waals surface area contributed by atoms with E-state index in [1.54, 1.807) is 24.3 Å². The van der Waals surface area contributed by atoms with Gasteiger partial charge >= 0.3 is 219 Å². The van der Waals surface area contributed by atoms with E-state index >= 15 is 0 Å². The van der Waals surface area contributed by atoms with Crippen LogP contribution in [0.25, 0.3) is 0 Å². The summed E-state index contributed by atoms with van der Waals surface area (Å²) in [7, 11) is 0. The standard InChI is InChI=1S/C26H25NO9Se/c1-14(28)33-13-20-22(34-15(2)29)23(35-16(3)30)21(26(36-20)37-17-9-5-4-6-10-17)27-24(31)18-11-7-8-12-19(18)25(27)32/h4-12,20-23,26H,13H2,1-3H3.